The van der Waals surface area contributed by atoms with Crippen molar-refractivity contribution in [1.82, 2.24) is 10.5 Å². The van der Waals surface area contributed by atoms with Gasteiger partial charge in [-0.15, -0.1) is 0 Å². The molecule has 12 heavy (non-hydrogen) atoms. The predicted octanol–water partition coefficient (Wildman–Crippen LogP) is 1.43. The zero-order valence-corrected chi connectivity index (χ0v) is 7.50. The van der Waals surface area contributed by atoms with Crippen LogP contribution in [-0.4, -0.2) is 11.6 Å². The lowest BCUT2D eigenvalue weighted by atomic mass is 10.2. The third-order valence-electron chi connectivity index (χ3n) is 1.60. The zero-order valence-electron chi connectivity index (χ0n) is 7.50. The molecule has 0 saturated heterocycles. The summed E-state index contributed by atoms with van der Waals surface area (Å²) in [6, 6.07) is 3.97. The van der Waals surface area contributed by atoms with Crippen LogP contribution in [0.2, 0.25) is 0 Å². The Morgan fingerprint density at radius 1 is 1.58 bits per heavy atom. The van der Waals surface area contributed by atoms with Crippen molar-refractivity contribution in [3.8, 4) is 0 Å². The quantitative estimate of drug-likeness (QED) is 0.542. The molecule has 0 saturated carbocycles. The van der Waals surface area contributed by atoms with E-state index in [1.54, 1.807) is 6.20 Å². The summed E-state index contributed by atoms with van der Waals surface area (Å²) >= 11 is 0. The lowest BCUT2D eigenvalue weighted by Crippen LogP contribution is -2.15. The van der Waals surface area contributed by atoms with Crippen molar-refractivity contribution < 1.29 is 4.84 Å². The monoisotopic (exact) mass is 166 g/mol. The van der Waals surface area contributed by atoms with Gasteiger partial charge in [-0.1, -0.05) is 6.07 Å². The Hall–Kier alpha value is -0.930. The van der Waals surface area contributed by atoms with E-state index in [0.717, 1.165) is 5.69 Å². The molecule has 0 aromatic carbocycles. The van der Waals surface area contributed by atoms with Gasteiger partial charge in [-0.05, 0) is 25.5 Å². The maximum Gasteiger partial charge on any atom is 0.0654 e. The van der Waals surface area contributed by atoms with Crippen LogP contribution in [0.3, 0.4) is 0 Å². The van der Waals surface area contributed by atoms with E-state index in [1.165, 1.54) is 5.56 Å². The Morgan fingerprint density at radius 3 is 3.08 bits per heavy atom. The number of rotatable bonds is 4. The van der Waals surface area contributed by atoms with Gasteiger partial charge in [-0.3, -0.25) is 4.98 Å². The van der Waals surface area contributed by atoms with Crippen LogP contribution < -0.4 is 5.48 Å². The lowest BCUT2D eigenvalue weighted by molar-refractivity contribution is 0.0455. The fourth-order valence-electron chi connectivity index (χ4n) is 0.925. The highest BCUT2D eigenvalue weighted by Gasteiger charge is 1.96. The van der Waals surface area contributed by atoms with Crippen molar-refractivity contribution in [3.05, 3.63) is 29.6 Å². The van der Waals surface area contributed by atoms with Gasteiger partial charge in [0.2, 0.25) is 0 Å². The number of aryl methyl sites for hydroxylation is 1. The maximum atomic E-state index is 5.00. The van der Waals surface area contributed by atoms with Gasteiger partial charge in [0.15, 0.2) is 0 Å². The highest BCUT2D eigenvalue weighted by molar-refractivity contribution is 5.16. The summed E-state index contributed by atoms with van der Waals surface area (Å²) in [5, 5.41) is 0. The van der Waals surface area contributed by atoms with Gasteiger partial charge in [-0.2, -0.15) is 5.48 Å². The van der Waals surface area contributed by atoms with Crippen molar-refractivity contribution in [3.63, 3.8) is 0 Å². The number of nitrogens with zero attached hydrogens (tertiary/aromatic N) is 1. The normalized spacial score (nSPS) is 10.2. The van der Waals surface area contributed by atoms with E-state index in [0.29, 0.717) is 13.2 Å². The summed E-state index contributed by atoms with van der Waals surface area (Å²) in [4.78, 5) is 9.21. The minimum atomic E-state index is 0.667. The topological polar surface area (TPSA) is 34.1 Å². The van der Waals surface area contributed by atoms with E-state index < -0.39 is 0 Å². The van der Waals surface area contributed by atoms with Gasteiger partial charge in [0.1, 0.15) is 0 Å². The number of hydrogen-bond acceptors (Lipinski definition) is 3. The Morgan fingerprint density at radius 2 is 2.42 bits per heavy atom. The van der Waals surface area contributed by atoms with Crippen molar-refractivity contribution >= 4 is 0 Å². The summed E-state index contributed by atoms with van der Waals surface area (Å²) < 4.78 is 0. The summed E-state index contributed by atoms with van der Waals surface area (Å²) in [6.07, 6.45) is 1.79. The molecule has 1 aromatic heterocycles. The largest absolute Gasteiger partial charge is 0.302 e. The first-order valence-electron chi connectivity index (χ1n) is 4.09. The van der Waals surface area contributed by atoms with Crippen LogP contribution in [0, 0.1) is 6.92 Å². The summed E-state index contributed by atoms with van der Waals surface area (Å²) in [5.74, 6) is 0. The molecular weight excluding hydrogens is 152 g/mol. The Bertz CT molecular complexity index is 238. The second kappa shape index (κ2) is 4.85. The van der Waals surface area contributed by atoms with Crippen molar-refractivity contribution in [1.29, 1.82) is 0 Å². The smallest absolute Gasteiger partial charge is 0.0654 e. The minimum Gasteiger partial charge on any atom is -0.302 e. The second-order valence-corrected chi connectivity index (χ2v) is 2.52. The van der Waals surface area contributed by atoms with Crippen molar-refractivity contribution in [2.24, 2.45) is 0 Å². The molecule has 0 radical (unpaired) electrons. The van der Waals surface area contributed by atoms with Gasteiger partial charge in [0.25, 0.3) is 0 Å². The van der Waals surface area contributed by atoms with E-state index in [9.17, 15) is 0 Å². The molecule has 3 nitrogen and oxygen atoms in total. The fraction of sp³-hybridized carbons (Fsp3) is 0.444. The van der Waals surface area contributed by atoms with E-state index >= 15 is 0 Å². The number of aromatic nitrogens is 1. The number of hydroxylamine groups is 1. The van der Waals surface area contributed by atoms with Gasteiger partial charge in [0.05, 0.1) is 18.8 Å². The molecule has 1 rings (SSSR count). The van der Waals surface area contributed by atoms with E-state index in [4.69, 9.17) is 4.84 Å². The molecule has 1 aromatic rings. The van der Waals surface area contributed by atoms with Crippen molar-refractivity contribution in [2.45, 2.75) is 20.4 Å². The average Bonchev–Trinajstić information content (AvgIpc) is 2.09. The Labute approximate surface area is 72.7 Å². The molecule has 0 aliphatic heterocycles. The molecule has 0 unspecified atom stereocenters. The first-order valence-corrected chi connectivity index (χ1v) is 4.09. The Balaban J connectivity index is 2.46. The van der Waals surface area contributed by atoms with E-state index in [-0.39, 0.29) is 0 Å². The number of hydrogen-bond donors (Lipinski definition) is 1. The molecule has 0 amide bonds. The SMILES string of the molecule is CCONCc1ncccc1C. The summed E-state index contributed by atoms with van der Waals surface area (Å²) in [7, 11) is 0. The van der Waals surface area contributed by atoms with Gasteiger partial charge < -0.3 is 4.84 Å². The number of pyridine rings is 1. The summed E-state index contributed by atoms with van der Waals surface area (Å²) in [5.41, 5.74) is 5.05. The van der Waals surface area contributed by atoms with Crippen LogP contribution in [0.1, 0.15) is 18.2 Å². The second-order valence-electron chi connectivity index (χ2n) is 2.52. The molecule has 3 heteroatoms. The summed E-state index contributed by atoms with van der Waals surface area (Å²) in [6.45, 7) is 5.32. The molecule has 1 N–H and O–H groups in total. The highest BCUT2D eigenvalue weighted by Crippen LogP contribution is 2.01. The van der Waals surface area contributed by atoms with Crippen LogP contribution in [-0.2, 0) is 11.4 Å². The zero-order chi connectivity index (χ0) is 8.81. The van der Waals surface area contributed by atoms with Crippen LogP contribution in [0.5, 0.6) is 0 Å². The van der Waals surface area contributed by atoms with Crippen LogP contribution in [0.15, 0.2) is 18.3 Å². The van der Waals surface area contributed by atoms with Gasteiger partial charge in [0, 0.05) is 6.20 Å². The first-order chi connectivity index (χ1) is 5.84. The van der Waals surface area contributed by atoms with Gasteiger partial charge >= 0.3 is 0 Å². The van der Waals surface area contributed by atoms with Gasteiger partial charge in [-0.25, -0.2) is 0 Å². The molecule has 0 fully saturated rings. The first kappa shape index (κ1) is 9.16. The van der Waals surface area contributed by atoms with E-state index in [1.807, 2.05) is 26.0 Å². The lowest BCUT2D eigenvalue weighted by Gasteiger charge is -2.04. The standard InChI is InChI=1S/C9H14N2O/c1-3-12-11-7-9-8(2)5-4-6-10-9/h4-6,11H,3,7H2,1-2H3. The molecule has 0 aliphatic rings. The Kier molecular flexibility index (Phi) is 3.70. The third-order valence-corrected chi connectivity index (χ3v) is 1.60. The minimum absolute atomic E-state index is 0.667. The molecule has 66 valence electrons. The molecular formula is C9H14N2O. The molecule has 0 atom stereocenters. The average molecular weight is 166 g/mol. The van der Waals surface area contributed by atoms with Crippen LogP contribution in [0.4, 0.5) is 0 Å². The molecule has 0 aliphatic carbocycles. The molecule has 1 heterocycles. The molecule has 0 bridgehead atoms. The predicted molar refractivity (Wildman–Crippen MR) is 47.4 cm³/mol. The van der Waals surface area contributed by atoms with Crippen molar-refractivity contribution in [2.75, 3.05) is 6.61 Å². The third kappa shape index (κ3) is 2.60. The molecule has 0 spiro atoms. The number of nitrogens with one attached hydrogen (secondary N) is 1. The van der Waals surface area contributed by atoms with E-state index in [2.05, 4.69) is 10.5 Å². The maximum absolute atomic E-state index is 5.00. The van der Waals surface area contributed by atoms with Crippen LogP contribution in [0.25, 0.3) is 0 Å². The van der Waals surface area contributed by atoms with Crippen LogP contribution >= 0.6 is 0 Å². The fourth-order valence-corrected chi connectivity index (χ4v) is 0.925. The highest BCUT2D eigenvalue weighted by atomic mass is 16.6.